The van der Waals surface area contributed by atoms with Gasteiger partial charge < -0.3 is 28.7 Å². The minimum atomic E-state index is -0.379. The molecular formula is C40H45N5O5. The van der Waals surface area contributed by atoms with Crippen LogP contribution in [0.3, 0.4) is 0 Å². The largest absolute Gasteiger partial charge is 0.366 e. The fraction of sp³-hybridized carbons (Fsp3) is 0.125. The molecule has 0 saturated heterocycles. The normalized spacial score (nSPS) is 9.30. The standard InChI is InChI=1S/C9H11NO.3C8H9NO.C7H7NO/c1-6-3-4-8(9(10)11)7(2)5-6;1-6-2-4-7(5-3-6)8(9)10;1-6-3-2-4-7(5-6)8(9)10;1-6-4-2-3-5-7(6)8(9)10;8-7(9)6-4-2-1-3-5-6/h3-5H,1-2H3,(H2,10,11);3*2-5H,1H3,(H2,9,10);1-5H,(H2,8,9). The van der Waals surface area contributed by atoms with E-state index in [4.69, 9.17) is 28.7 Å². The minimum Gasteiger partial charge on any atom is -0.366 e. The summed E-state index contributed by atoms with van der Waals surface area (Å²) in [6, 6.07) is 36.0. The van der Waals surface area contributed by atoms with Crippen molar-refractivity contribution in [1.82, 2.24) is 0 Å². The second-order valence-electron chi connectivity index (χ2n) is 11.1. The van der Waals surface area contributed by atoms with Crippen molar-refractivity contribution < 1.29 is 24.0 Å². The third-order valence-corrected chi connectivity index (χ3v) is 6.75. The third-order valence-electron chi connectivity index (χ3n) is 6.75. The highest BCUT2D eigenvalue weighted by molar-refractivity contribution is 5.95. The molecule has 0 unspecified atom stereocenters. The van der Waals surface area contributed by atoms with E-state index in [2.05, 4.69) is 0 Å². The lowest BCUT2D eigenvalue weighted by Gasteiger charge is -2.01. The summed E-state index contributed by atoms with van der Waals surface area (Å²) in [5, 5.41) is 0. The van der Waals surface area contributed by atoms with Gasteiger partial charge in [-0.25, -0.2) is 0 Å². The van der Waals surface area contributed by atoms with Gasteiger partial charge in [0.2, 0.25) is 29.5 Å². The molecule has 0 bridgehead atoms. The number of amides is 5. The van der Waals surface area contributed by atoms with Crippen molar-refractivity contribution in [2.24, 2.45) is 28.7 Å². The Labute approximate surface area is 293 Å². The Bertz CT molecular complexity index is 1890. The molecule has 10 heteroatoms. The van der Waals surface area contributed by atoms with Crippen molar-refractivity contribution in [3.63, 3.8) is 0 Å². The van der Waals surface area contributed by atoms with Crippen LogP contribution in [-0.2, 0) is 0 Å². The van der Waals surface area contributed by atoms with Crippen molar-refractivity contribution >= 4 is 29.5 Å². The third kappa shape index (κ3) is 15.8. The molecule has 0 aromatic heterocycles. The molecule has 5 amide bonds. The molecular weight excluding hydrogens is 630 g/mol. The van der Waals surface area contributed by atoms with Crippen LogP contribution in [0.15, 0.2) is 121 Å². The van der Waals surface area contributed by atoms with Crippen molar-refractivity contribution in [2.75, 3.05) is 0 Å². The van der Waals surface area contributed by atoms with Gasteiger partial charge in [-0.1, -0.05) is 89.5 Å². The summed E-state index contributed by atoms with van der Waals surface area (Å²) < 4.78 is 0. The van der Waals surface area contributed by atoms with E-state index in [0.717, 1.165) is 27.8 Å². The SMILES string of the molecule is Cc1ccc(C(N)=O)c(C)c1.Cc1ccc(C(N)=O)cc1.Cc1cccc(C(N)=O)c1.Cc1ccccc1C(N)=O.NC(=O)c1ccccc1. The van der Waals surface area contributed by atoms with Gasteiger partial charge in [-0.2, -0.15) is 0 Å². The quantitative estimate of drug-likeness (QED) is 0.163. The maximum absolute atomic E-state index is 10.8. The van der Waals surface area contributed by atoms with E-state index in [1.165, 1.54) is 0 Å². The molecule has 0 heterocycles. The monoisotopic (exact) mass is 675 g/mol. The summed E-state index contributed by atoms with van der Waals surface area (Å²) in [6.07, 6.45) is 0. The van der Waals surface area contributed by atoms with E-state index in [9.17, 15) is 24.0 Å². The molecule has 0 saturated carbocycles. The number of aryl methyl sites for hydroxylation is 5. The number of rotatable bonds is 5. The van der Waals surface area contributed by atoms with E-state index >= 15 is 0 Å². The molecule has 0 aliphatic carbocycles. The smallest absolute Gasteiger partial charge is 0.248 e. The first-order valence-electron chi connectivity index (χ1n) is 15.3. The highest BCUT2D eigenvalue weighted by Gasteiger charge is 2.03. The van der Waals surface area contributed by atoms with Gasteiger partial charge in [0.1, 0.15) is 0 Å². The molecule has 0 atom stereocenters. The summed E-state index contributed by atoms with van der Waals surface area (Å²) in [4.78, 5) is 52.9. The molecule has 10 nitrogen and oxygen atoms in total. The van der Waals surface area contributed by atoms with Gasteiger partial charge in [0.05, 0.1) is 0 Å². The summed E-state index contributed by atoms with van der Waals surface area (Å²) in [5.74, 6) is -1.85. The molecule has 0 fully saturated rings. The van der Waals surface area contributed by atoms with Crippen LogP contribution in [0.25, 0.3) is 0 Å². The summed E-state index contributed by atoms with van der Waals surface area (Å²) in [6.45, 7) is 9.61. The van der Waals surface area contributed by atoms with Crippen molar-refractivity contribution in [3.05, 3.63) is 177 Å². The van der Waals surface area contributed by atoms with Crippen LogP contribution in [0, 0.1) is 34.6 Å². The van der Waals surface area contributed by atoms with Crippen LogP contribution in [0.1, 0.15) is 79.6 Å². The van der Waals surface area contributed by atoms with Gasteiger partial charge in [0, 0.05) is 27.8 Å². The van der Waals surface area contributed by atoms with Crippen LogP contribution >= 0.6 is 0 Å². The number of hydrogen-bond donors (Lipinski definition) is 5. The van der Waals surface area contributed by atoms with Gasteiger partial charge in [-0.3, -0.25) is 24.0 Å². The van der Waals surface area contributed by atoms with Crippen molar-refractivity contribution in [1.29, 1.82) is 0 Å². The first-order chi connectivity index (χ1) is 23.5. The van der Waals surface area contributed by atoms with Gasteiger partial charge in [0.25, 0.3) is 0 Å². The van der Waals surface area contributed by atoms with Crippen LogP contribution in [-0.4, -0.2) is 29.5 Å². The second-order valence-corrected chi connectivity index (χ2v) is 11.1. The molecule has 0 spiro atoms. The first kappa shape index (κ1) is 41.5. The lowest BCUT2D eigenvalue weighted by Crippen LogP contribution is -2.12. The number of hydrogen-bond acceptors (Lipinski definition) is 5. The first-order valence-corrected chi connectivity index (χ1v) is 15.3. The Hall–Kier alpha value is -6.55. The van der Waals surface area contributed by atoms with E-state index in [1.54, 1.807) is 66.7 Å². The average molecular weight is 676 g/mol. The van der Waals surface area contributed by atoms with Crippen molar-refractivity contribution in [3.8, 4) is 0 Å². The van der Waals surface area contributed by atoms with E-state index in [0.29, 0.717) is 27.8 Å². The number of carbonyl (C=O) groups excluding carboxylic acids is 5. The number of carbonyl (C=O) groups is 5. The van der Waals surface area contributed by atoms with Crippen LogP contribution in [0.4, 0.5) is 0 Å². The molecule has 50 heavy (non-hydrogen) atoms. The Kier molecular flexibility index (Phi) is 17.7. The lowest BCUT2D eigenvalue weighted by atomic mass is 10.1. The molecule has 5 aromatic rings. The average Bonchev–Trinajstić information content (AvgIpc) is 3.06. The summed E-state index contributed by atoms with van der Waals surface area (Å²) in [7, 11) is 0. The molecule has 260 valence electrons. The summed E-state index contributed by atoms with van der Waals surface area (Å²) >= 11 is 0. The highest BCUT2D eigenvalue weighted by Crippen LogP contribution is 2.09. The van der Waals surface area contributed by atoms with Crippen molar-refractivity contribution in [2.45, 2.75) is 34.6 Å². The Morgan fingerprint density at radius 3 is 1.16 bits per heavy atom. The van der Waals surface area contributed by atoms with Crippen LogP contribution in [0.5, 0.6) is 0 Å². The number of nitrogens with two attached hydrogens (primary N) is 5. The van der Waals surface area contributed by atoms with Gasteiger partial charge >= 0.3 is 0 Å². The topological polar surface area (TPSA) is 215 Å². The molecule has 0 aliphatic heterocycles. The zero-order valence-electron chi connectivity index (χ0n) is 29.0. The van der Waals surface area contributed by atoms with Crippen LogP contribution < -0.4 is 28.7 Å². The summed E-state index contributed by atoms with van der Waals surface area (Å²) in [5.41, 5.74) is 33.3. The molecule has 5 aromatic carbocycles. The van der Waals surface area contributed by atoms with Gasteiger partial charge in [0.15, 0.2) is 0 Å². The lowest BCUT2D eigenvalue weighted by molar-refractivity contribution is 0.0991. The molecule has 0 radical (unpaired) electrons. The zero-order chi connectivity index (χ0) is 37.8. The second kappa shape index (κ2) is 21.3. The Balaban J connectivity index is 0.000000313. The van der Waals surface area contributed by atoms with E-state index < -0.39 is 0 Å². The maximum atomic E-state index is 10.8. The van der Waals surface area contributed by atoms with E-state index in [1.807, 2.05) is 89.2 Å². The molecule has 0 aliphatic rings. The Morgan fingerprint density at radius 2 is 0.760 bits per heavy atom. The maximum Gasteiger partial charge on any atom is 0.248 e. The number of benzene rings is 5. The fourth-order valence-corrected chi connectivity index (χ4v) is 4.06. The number of primary amides is 5. The molecule has 5 rings (SSSR count). The molecule has 10 N–H and O–H groups in total. The zero-order valence-corrected chi connectivity index (χ0v) is 29.0. The van der Waals surface area contributed by atoms with Crippen LogP contribution in [0.2, 0.25) is 0 Å². The predicted molar refractivity (Wildman–Crippen MR) is 198 cm³/mol. The Morgan fingerprint density at radius 1 is 0.340 bits per heavy atom. The predicted octanol–water partition coefficient (Wildman–Crippen LogP) is 5.47. The van der Waals surface area contributed by atoms with Gasteiger partial charge in [-0.05, 0) is 94.3 Å². The van der Waals surface area contributed by atoms with E-state index in [-0.39, 0.29) is 29.5 Å². The van der Waals surface area contributed by atoms with Gasteiger partial charge in [-0.15, -0.1) is 0 Å². The fourth-order valence-electron chi connectivity index (χ4n) is 4.06. The highest BCUT2D eigenvalue weighted by atomic mass is 16.2. The minimum absolute atomic E-state index is 0.359.